The average Bonchev–Trinajstić information content (AvgIpc) is 2.16. The SMILES string of the molecule is CCOC(CO)c1ccc(N)cc1. The Morgan fingerprint density at radius 2 is 2.00 bits per heavy atom. The Morgan fingerprint density at radius 3 is 2.46 bits per heavy atom. The Labute approximate surface area is 78.1 Å². The van der Waals surface area contributed by atoms with Crippen molar-refractivity contribution in [2.24, 2.45) is 0 Å². The fraction of sp³-hybridized carbons (Fsp3) is 0.400. The molecule has 0 bridgehead atoms. The van der Waals surface area contributed by atoms with Crippen LogP contribution in [0.25, 0.3) is 0 Å². The van der Waals surface area contributed by atoms with Crippen LogP contribution in [-0.2, 0) is 4.74 Å². The van der Waals surface area contributed by atoms with Crippen molar-refractivity contribution in [3.63, 3.8) is 0 Å². The maximum absolute atomic E-state index is 9.02. The standard InChI is InChI=1S/C10H15NO2/c1-2-13-10(7-12)8-3-5-9(11)6-4-8/h3-6,10,12H,2,7,11H2,1H3. The first-order chi connectivity index (χ1) is 6.27. The fourth-order valence-corrected chi connectivity index (χ4v) is 1.17. The van der Waals surface area contributed by atoms with E-state index in [1.165, 1.54) is 0 Å². The van der Waals surface area contributed by atoms with Gasteiger partial charge in [-0.15, -0.1) is 0 Å². The number of nitrogens with two attached hydrogens (primary N) is 1. The minimum Gasteiger partial charge on any atom is -0.399 e. The minimum absolute atomic E-state index is 0.00222. The molecular weight excluding hydrogens is 166 g/mol. The maximum atomic E-state index is 9.02. The molecule has 1 atom stereocenters. The molecule has 3 N–H and O–H groups in total. The first-order valence-corrected chi connectivity index (χ1v) is 4.35. The van der Waals surface area contributed by atoms with Crippen molar-refractivity contribution in [3.8, 4) is 0 Å². The molecule has 0 saturated carbocycles. The van der Waals surface area contributed by atoms with E-state index in [2.05, 4.69) is 0 Å². The number of rotatable bonds is 4. The summed E-state index contributed by atoms with van der Waals surface area (Å²) < 4.78 is 5.33. The van der Waals surface area contributed by atoms with Gasteiger partial charge in [-0.2, -0.15) is 0 Å². The highest BCUT2D eigenvalue weighted by Gasteiger charge is 2.08. The molecule has 0 heterocycles. The third-order valence-electron chi connectivity index (χ3n) is 1.84. The van der Waals surface area contributed by atoms with Crippen molar-refractivity contribution in [3.05, 3.63) is 29.8 Å². The molecule has 1 aromatic rings. The summed E-state index contributed by atoms with van der Waals surface area (Å²) in [5, 5.41) is 9.02. The van der Waals surface area contributed by atoms with Gasteiger partial charge < -0.3 is 15.6 Å². The fourth-order valence-electron chi connectivity index (χ4n) is 1.17. The van der Waals surface area contributed by atoms with E-state index in [4.69, 9.17) is 15.6 Å². The number of benzene rings is 1. The molecule has 1 rings (SSSR count). The highest BCUT2D eigenvalue weighted by atomic mass is 16.5. The molecule has 0 radical (unpaired) electrons. The molecule has 3 nitrogen and oxygen atoms in total. The van der Waals surface area contributed by atoms with Crippen molar-refractivity contribution in [1.82, 2.24) is 0 Å². The lowest BCUT2D eigenvalue weighted by molar-refractivity contribution is 0.0190. The largest absolute Gasteiger partial charge is 0.399 e. The molecule has 1 unspecified atom stereocenters. The smallest absolute Gasteiger partial charge is 0.105 e. The molecule has 1 aromatic carbocycles. The lowest BCUT2D eigenvalue weighted by Gasteiger charge is -2.14. The molecule has 0 aliphatic heterocycles. The minimum atomic E-state index is -0.231. The Hall–Kier alpha value is -1.06. The van der Waals surface area contributed by atoms with Gasteiger partial charge in [-0.3, -0.25) is 0 Å². The maximum Gasteiger partial charge on any atom is 0.105 e. The van der Waals surface area contributed by atoms with E-state index >= 15 is 0 Å². The summed E-state index contributed by atoms with van der Waals surface area (Å²) in [4.78, 5) is 0. The van der Waals surface area contributed by atoms with Crippen LogP contribution < -0.4 is 5.73 Å². The lowest BCUT2D eigenvalue weighted by Crippen LogP contribution is -2.08. The first-order valence-electron chi connectivity index (χ1n) is 4.35. The number of hydrogen-bond donors (Lipinski definition) is 2. The van der Waals surface area contributed by atoms with E-state index in [9.17, 15) is 0 Å². The van der Waals surface area contributed by atoms with Crippen LogP contribution in [0.4, 0.5) is 5.69 Å². The number of nitrogen functional groups attached to an aromatic ring is 1. The van der Waals surface area contributed by atoms with Crippen LogP contribution >= 0.6 is 0 Å². The van der Waals surface area contributed by atoms with E-state index in [1.807, 2.05) is 19.1 Å². The lowest BCUT2D eigenvalue weighted by atomic mass is 10.1. The highest BCUT2D eigenvalue weighted by Crippen LogP contribution is 2.17. The summed E-state index contributed by atoms with van der Waals surface area (Å²) in [5.74, 6) is 0. The molecule has 13 heavy (non-hydrogen) atoms. The molecule has 0 fully saturated rings. The number of anilines is 1. The van der Waals surface area contributed by atoms with Crippen LogP contribution in [0.15, 0.2) is 24.3 Å². The Balaban J connectivity index is 2.73. The van der Waals surface area contributed by atoms with Crippen molar-refractivity contribution < 1.29 is 9.84 Å². The Kier molecular flexibility index (Phi) is 3.73. The van der Waals surface area contributed by atoms with E-state index in [1.54, 1.807) is 12.1 Å². The van der Waals surface area contributed by atoms with Gasteiger partial charge in [-0.25, -0.2) is 0 Å². The zero-order valence-electron chi connectivity index (χ0n) is 7.73. The molecular formula is C10H15NO2. The van der Waals surface area contributed by atoms with Crippen molar-refractivity contribution >= 4 is 5.69 Å². The van der Waals surface area contributed by atoms with Crippen LogP contribution in [-0.4, -0.2) is 18.3 Å². The van der Waals surface area contributed by atoms with Gasteiger partial charge in [0.15, 0.2) is 0 Å². The quantitative estimate of drug-likeness (QED) is 0.689. The molecule has 0 saturated heterocycles. The normalized spacial score (nSPS) is 12.8. The van der Waals surface area contributed by atoms with Gasteiger partial charge >= 0.3 is 0 Å². The van der Waals surface area contributed by atoms with Crippen LogP contribution in [0.3, 0.4) is 0 Å². The Morgan fingerprint density at radius 1 is 1.38 bits per heavy atom. The summed E-state index contributed by atoms with van der Waals surface area (Å²) in [7, 11) is 0. The summed E-state index contributed by atoms with van der Waals surface area (Å²) >= 11 is 0. The second-order valence-corrected chi connectivity index (χ2v) is 2.79. The van der Waals surface area contributed by atoms with Crippen LogP contribution in [0.1, 0.15) is 18.6 Å². The number of hydrogen-bond acceptors (Lipinski definition) is 3. The predicted molar refractivity (Wildman–Crippen MR) is 52.3 cm³/mol. The van der Waals surface area contributed by atoms with Gasteiger partial charge in [0.2, 0.25) is 0 Å². The third kappa shape index (κ3) is 2.72. The van der Waals surface area contributed by atoms with Crippen molar-refractivity contribution in [2.75, 3.05) is 18.9 Å². The van der Waals surface area contributed by atoms with E-state index in [0.717, 1.165) is 11.3 Å². The topological polar surface area (TPSA) is 55.5 Å². The summed E-state index contributed by atoms with van der Waals surface area (Å²) in [6.45, 7) is 2.49. The zero-order chi connectivity index (χ0) is 9.68. The zero-order valence-corrected chi connectivity index (χ0v) is 7.73. The first kappa shape index (κ1) is 10.0. The van der Waals surface area contributed by atoms with E-state index in [-0.39, 0.29) is 12.7 Å². The third-order valence-corrected chi connectivity index (χ3v) is 1.84. The molecule has 0 aromatic heterocycles. The Bertz CT molecular complexity index is 246. The predicted octanol–water partition coefficient (Wildman–Crippen LogP) is 1.34. The highest BCUT2D eigenvalue weighted by molar-refractivity contribution is 5.39. The summed E-state index contributed by atoms with van der Waals surface area (Å²) in [6, 6.07) is 7.34. The molecule has 0 amide bonds. The van der Waals surface area contributed by atoms with Gasteiger partial charge in [0.25, 0.3) is 0 Å². The second kappa shape index (κ2) is 4.84. The van der Waals surface area contributed by atoms with Crippen LogP contribution in [0.2, 0.25) is 0 Å². The van der Waals surface area contributed by atoms with E-state index < -0.39 is 0 Å². The van der Waals surface area contributed by atoms with Crippen molar-refractivity contribution in [1.29, 1.82) is 0 Å². The van der Waals surface area contributed by atoms with Gasteiger partial charge in [0, 0.05) is 12.3 Å². The number of ether oxygens (including phenoxy) is 1. The summed E-state index contributed by atoms with van der Waals surface area (Å²) in [6.07, 6.45) is -0.231. The average molecular weight is 181 g/mol. The number of aliphatic hydroxyl groups is 1. The van der Waals surface area contributed by atoms with Crippen molar-refractivity contribution in [2.45, 2.75) is 13.0 Å². The summed E-state index contributed by atoms with van der Waals surface area (Å²) in [5.41, 5.74) is 7.22. The van der Waals surface area contributed by atoms with Gasteiger partial charge in [-0.05, 0) is 24.6 Å². The number of aliphatic hydroxyl groups excluding tert-OH is 1. The van der Waals surface area contributed by atoms with Gasteiger partial charge in [-0.1, -0.05) is 12.1 Å². The molecule has 0 aliphatic rings. The second-order valence-electron chi connectivity index (χ2n) is 2.79. The van der Waals surface area contributed by atoms with Crippen LogP contribution in [0, 0.1) is 0 Å². The van der Waals surface area contributed by atoms with E-state index in [0.29, 0.717) is 6.61 Å². The molecule has 0 spiro atoms. The van der Waals surface area contributed by atoms with Gasteiger partial charge in [0.1, 0.15) is 6.10 Å². The van der Waals surface area contributed by atoms with Crippen LogP contribution in [0.5, 0.6) is 0 Å². The molecule has 0 aliphatic carbocycles. The molecule has 3 heteroatoms. The monoisotopic (exact) mass is 181 g/mol. The molecule has 72 valence electrons. The van der Waals surface area contributed by atoms with Gasteiger partial charge in [0.05, 0.1) is 6.61 Å².